The van der Waals surface area contributed by atoms with Gasteiger partial charge in [-0.05, 0) is 18.3 Å². The number of carboxylic acids is 1. The molecule has 0 aromatic rings. The standard InChI is InChI=1S/C11H11Br2NO4/c12-8-3-1-4(9(8)13)7-6(3)10(17)14(11(7)18)2-5(15)16/h3-4,6-9H,1-2H2,(H,15,16)/t3-,4-,6-,7+,8+,9+/m1/s1. The molecule has 1 saturated heterocycles. The summed E-state index contributed by atoms with van der Waals surface area (Å²) in [5, 5.41) is 8.76. The zero-order chi connectivity index (χ0) is 13.2. The van der Waals surface area contributed by atoms with Crippen molar-refractivity contribution in [2.75, 3.05) is 6.54 Å². The molecule has 0 aromatic heterocycles. The minimum atomic E-state index is -1.14. The van der Waals surface area contributed by atoms with Crippen molar-refractivity contribution in [3.8, 4) is 0 Å². The molecule has 2 aliphatic carbocycles. The number of nitrogens with zero attached hydrogens (tertiary/aromatic N) is 1. The fourth-order valence-corrected chi connectivity index (χ4v) is 5.58. The molecule has 0 unspecified atom stereocenters. The Morgan fingerprint density at radius 1 is 1.17 bits per heavy atom. The number of rotatable bonds is 2. The number of carboxylic acid groups (broad SMARTS) is 1. The monoisotopic (exact) mass is 379 g/mol. The maximum atomic E-state index is 12.2. The fraction of sp³-hybridized carbons (Fsp3) is 0.727. The van der Waals surface area contributed by atoms with Crippen LogP contribution in [0.5, 0.6) is 0 Å². The first-order valence-corrected chi connectivity index (χ1v) is 7.61. The van der Waals surface area contributed by atoms with Crippen LogP contribution in [0.15, 0.2) is 0 Å². The predicted octanol–water partition coefficient (Wildman–Crippen LogP) is 0.849. The van der Waals surface area contributed by atoms with Crippen molar-refractivity contribution < 1.29 is 19.5 Å². The number of halogens is 2. The lowest BCUT2D eigenvalue weighted by Crippen LogP contribution is -2.37. The molecule has 2 bridgehead atoms. The number of carbonyl (C=O) groups excluding carboxylic acids is 2. The summed E-state index contributed by atoms with van der Waals surface area (Å²) in [7, 11) is 0. The lowest BCUT2D eigenvalue weighted by Gasteiger charge is -2.28. The molecule has 7 heteroatoms. The van der Waals surface area contributed by atoms with Crippen LogP contribution in [0.25, 0.3) is 0 Å². The van der Waals surface area contributed by atoms with Crippen LogP contribution >= 0.6 is 31.9 Å². The molecule has 2 amide bonds. The Bertz CT molecular complexity index is 422. The van der Waals surface area contributed by atoms with E-state index in [1.54, 1.807) is 0 Å². The van der Waals surface area contributed by atoms with Crippen molar-refractivity contribution in [3.63, 3.8) is 0 Å². The molecule has 1 aliphatic heterocycles. The maximum absolute atomic E-state index is 12.2. The van der Waals surface area contributed by atoms with Crippen molar-refractivity contribution in [3.05, 3.63) is 0 Å². The Hall–Kier alpha value is -0.430. The van der Waals surface area contributed by atoms with Gasteiger partial charge in [0.05, 0.1) is 11.8 Å². The largest absolute Gasteiger partial charge is 0.480 e. The van der Waals surface area contributed by atoms with E-state index in [-0.39, 0.29) is 45.1 Å². The van der Waals surface area contributed by atoms with Gasteiger partial charge < -0.3 is 5.11 Å². The van der Waals surface area contributed by atoms with E-state index in [9.17, 15) is 14.4 Å². The third-order valence-corrected chi connectivity index (χ3v) is 7.58. The number of hydrogen-bond acceptors (Lipinski definition) is 3. The topological polar surface area (TPSA) is 74.7 Å². The number of fused-ring (bicyclic) bond motifs is 5. The summed E-state index contributed by atoms with van der Waals surface area (Å²) >= 11 is 7.14. The van der Waals surface area contributed by atoms with Gasteiger partial charge in [0.1, 0.15) is 6.54 Å². The Kier molecular flexibility index (Phi) is 2.82. The zero-order valence-corrected chi connectivity index (χ0v) is 12.4. The van der Waals surface area contributed by atoms with E-state index in [0.717, 1.165) is 11.3 Å². The van der Waals surface area contributed by atoms with Crippen LogP contribution in [0, 0.1) is 23.7 Å². The number of imide groups is 1. The van der Waals surface area contributed by atoms with Gasteiger partial charge in [-0.15, -0.1) is 0 Å². The number of aliphatic carboxylic acids is 1. The molecule has 0 aromatic carbocycles. The van der Waals surface area contributed by atoms with E-state index in [0.29, 0.717) is 0 Å². The first-order chi connectivity index (χ1) is 8.43. The third-order valence-electron chi connectivity index (χ3n) is 4.37. The highest BCUT2D eigenvalue weighted by molar-refractivity contribution is 9.12. The third kappa shape index (κ3) is 1.46. The molecule has 1 heterocycles. The van der Waals surface area contributed by atoms with Crippen LogP contribution in [0.3, 0.4) is 0 Å². The molecule has 3 fully saturated rings. The number of likely N-dealkylation sites (tertiary alicyclic amines) is 1. The quantitative estimate of drug-likeness (QED) is 0.569. The summed E-state index contributed by atoms with van der Waals surface area (Å²) in [6.45, 7) is -0.510. The smallest absolute Gasteiger partial charge is 0.323 e. The average molecular weight is 381 g/mol. The van der Waals surface area contributed by atoms with Gasteiger partial charge in [-0.2, -0.15) is 0 Å². The number of carbonyl (C=O) groups is 3. The lowest BCUT2D eigenvalue weighted by atomic mass is 9.81. The molecule has 2 saturated carbocycles. The molecule has 3 aliphatic rings. The molecular weight excluding hydrogens is 370 g/mol. The van der Waals surface area contributed by atoms with Gasteiger partial charge >= 0.3 is 5.97 Å². The number of hydrogen-bond donors (Lipinski definition) is 1. The number of alkyl halides is 2. The van der Waals surface area contributed by atoms with Crippen LogP contribution < -0.4 is 0 Å². The Morgan fingerprint density at radius 2 is 1.61 bits per heavy atom. The summed E-state index contributed by atoms with van der Waals surface area (Å²) in [4.78, 5) is 36.4. The summed E-state index contributed by atoms with van der Waals surface area (Å²) < 4.78 is 0. The van der Waals surface area contributed by atoms with Crippen molar-refractivity contribution in [2.45, 2.75) is 16.1 Å². The first-order valence-electron chi connectivity index (χ1n) is 5.78. The highest BCUT2D eigenvalue weighted by Crippen LogP contribution is 2.60. The molecule has 6 atom stereocenters. The minimum Gasteiger partial charge on any atom is -0.480 e. The molecule has 98 valence electrons. The molecule has 0 spiro atoms. The predicted molar refractivity (Wildman–Crippen MR) is 68.4 cm³/mol. The van der Waals surface area contributed by atoms with Crippen molar-refractivity contribution in [2.24, 2.45) is 23.7 Å². The second-order valence-corrected chi connectivity index (χ2v) is 7.27. The van der Waals surface area contributed by atoms with Gasteiger partial charge in [0.15, 0.2) is 0 Å². The van der Waals surface area contributed by atoms with Crippen molar-refractivity contribution >= 4 is 49.6 Å². The summed E-state index contributed by atoms with van der Waals surface area (Å²) in [5.74, 6) is -2.11. The normalized spacial score (nSPS) is 45.8. The van der Waals surface area contributed by atoms with Crippen LogP contribution in [-0.4, -0.2) is 44.0 Å². The maximum Gasteiger partial charge on any atom is 0.323 e. The van der Waals surface area contributed by atoms with Crippen LogP contribution in [0.1, 0.15) is 6.42 Å². The van der Waals surface area contributed by atoms with Gasteiger partial charge in [-0.25, -0.2) is 0 Å². The SMILES string of the molecule is O=C(O)CN1C(=O)[C@@H]2[C@H]3C[C@@H]([C@H](Br)[C@H]3Br)[C@@H]2C1=O. The van der Waals surface area contributed by atoms with Gasteiger partial charge in [0.25, 0.3) is 0 Å². The van der Waals surface area contributed by atoms with E-state index in [4.69, 9.17) is 5.11 Å². The summed E-state index contributed by atoms with van der Waals surface area (Å²) in [6.07, 6.45) is 0.861. The van der Waals surface area contributed by atoms with Gasteiger partial charge in [-0.3, -0.25) is 19.3 Å². The Labute approximate surface area is 120 Å². The number of amides is 2. The van der Waals surface area contributed by atoms with Crippen LogP contribution in [0.2, 0.25) is 0 Å². The van der Waals surface area contributed by atoms with E-state index in [2.05, 4.69) is 31.9 Å². The van der Waals surface area contributed by atoms with E-state index >= 15 is 0 Å². The average Bonchev–Trinajstić information content (AvgIpc) is 2.88. The fourth-order valence-electron chi connectivity index (χ4n) is 3.70. The van der Waals surface area contributed by atoms with E-state index in [1.165, 1.54) is 0 Å². The second kappa shape index (κ2) is 4.03. The van der Waals surface area contributed by atoms with Crippen LogP contribution in [-0.2, 0) is 14.4 Å². The Morgan fingerprint density at radius 3 is 2.00 bits per heavy atom. The van der Waals surface area contributed by atoms with E-state index in [1.807, 2.05) is 0 Å². The van der Waals surface area contributed by atoms with Gasteiger partial charge in [0.2, 0.25) is 11.8 Å². The van der Waals surface area contributed by atoms with Gasteiger partial charge in [-0.1, -0.05) is 31.9 Å². The highest BCUT2D eigenvalue weighted by Gasteiger charge is 2.66. The van der Waals surface area contributed by atoms with E-state index < -0.39 is 12.5 Å². The highest BCUT2D eigenvalue weighted by atomic mass is 79.9. The second-order valence-electron chi connectivity index (χ2n) is 5.16. The van der Waals surface area contributed by atoms with Crippen molar-refractivity contribution in [1.82, 2.24) is 4.90 Å². The molecule has 1 N–H and O–H groups in total. The molecule has 0 radical (unpaired) electrons. The molecule has 18 heavy (non-hydrogen) atoms. The van der Waals surface area contributed by atoms with Crippen molar-refractivity contribution in [1.29, 1.82) is 0 Å². The molecule has 3 rings (SSSR count). The summed E-state index contributed by atoms with van der Waals surface area (Å²) in [5.41, 5.74) is 0. The van der Waals surface area contributed by atoms with Gasteiger partial charge in [0, 0.05) is 9.65 Å². The molecular formula is C11H11Br2NO4. The lowest BCUT2D eigenvalue weighted by molar-refractivity contribution is -0.149. The molecule has 5 nitrogen and oxygen atoms in total. The minimum absolute atomic E-state index is 0.139. The summed E-state index contributed by atoms with van der Waals surface area (Å²) in [6, 6.07) is 0. The first kappa shape index (κ1) is 12.6. The Balaban J connectivity index is 1.92. The van der Waals surface area contributed by atoms with Crippen LogP contribution in [0.4, 0.5) is 0 Å². The zero-order valence-electron chi connectivity index (χ0n) is 9.25.